The number of likely N-dealkylation sites (tertiary alicyclic amines) is 1. The molecular formula is C14H26N2O2. The molecule has 2 fully saturated rings. The average molecular weight is 254 g/mol. The first-order valence-electron chi connectivity index (χ1n) is 7.35. The first kappa shape index (κ1) is 13.7. The highest BCUT2D eigenvalue weighted by Crippen LogP contribution is 2.22. The number of rotatable bonds is 3. The molecule has 0 spiro atoms. The number of ether oxygens (including phenoxy) is 1. The molecule has 4 heteroatoms. The van der Waals surface area contributed by atoms with Gasteiger partial charge in [0.2, 0.25) is 0 Å². The van der Waals surface area contributed by atoms with Crippen molar-refractivity contribution in [1.29, 1.82) is 0 Å². The molecule has 2 amide bonds. The fraction of sp³-hybridized carbons (Fsp3) is 0.929. The Kier molecular flexibility index (Phi) is 4.87. The number of urea groups is 1. The first-order valence-corrected chi connectivity index (χ1v) is 7.35. The second-order valence-corrected chi connectivity index (χ2v) is 5.72. The Morgan fingerprint density at radius 2 is 2.06 bits per heavy atom. The van der Waals surface area contributed by atoms with Gasteiger partial charge in [0.05, 0.1) is 6.10 Å². The number of nitrogens with zero attached hydrogens (tertiary/aromatic N) is 1. The van der Waals surface area contributed by atoms with Crippen LogP contribution in [0.1, 0.15) is 39.5 Å². The summed E-state index contributed by atoms with van der Waals surface area (Å²) in [6.07, 6.45) is 4.74. The maximum absolute atomic E-state index is 12.0. The zero-order chi connectivity index (χ0) is 13.0. The number of piperidine rings is 1. The molecule has 0 saturated carbocycles. The van der Waals surface area contributed by atoms with Crippen LogP contribution in [0.25, 0.3) is 0 Å². The monoisotopic (exact) mass is 254 g/mol. The van der Waals surface area contributed by atoms with Gasteiger partial charge in [-0.1, -0.05) is 13.8 Å². The number of carbonyl (C=O) groups is 1. The minimum atomic E-state index is 0.114. The highest BCUT2D eigenvalue weighted by atomic mass is 16.5. The third kappa shape index (κ3) is 3.37. The summed E-state index contributed by atoms with van der Waals surface area (Å²) in [4.78, 5) is 14.0. The zero-order valence-electron chi connectivity index (χ0n) is 11.7. The maximum Gasteiger partial charge on any atom is 0.317 e. The molecular weight excluding hydrogens is 228 g/mol. The molecule has 0 radical (unpaired) electrons. The SMILES string of the molecule is CCC1OCCC1CNC(=O)N1CCC(C)CC1. The van der Waals surface area contributed by atoms with E-state index in [9.17, 15) is 4.79 Å². The summed E-state index contributed by atoms with van der Waals surface area (Å²) in [6, 6.07) is 0.114. The Morgan fingerprint density at radius 1 is 1.33 bits per heavy atom. The van der Waals surface area contributed by atoms with Crippen molar-refractivity contribution >= 4 is 6.03 Å². The minimum absolute atomic E-state index is 0.114. The predicted octanol–water partition coefficient (Wildman–Crippen LogP) is 2.24. The van der Waals surface area contributed by atoms with Crippen molar-refractivity contribution in [3.05, 3.63) is 0 Å². The van der Waals surface area contributed by atoms with E-state index in [1.165, 1.54) is 0 Å². The Balaban J connectivity index is 1.71. The summed E-state index contributed by atoms with van der Waals surface area (Å²) in [7, 11) is 0. The smallest absolute Gasteiger partial charge is 0.317 e. The van der Waals surface area contributed by atoms with Crippen molar-refractivity contribution in [3.8, 4) is 0 Å². The zero-order valence-corrected chi connectivity index (χ0v) is 11.7. The normalized spacial score (nSPS) is 29.6. The van der Waals surface area contributed by atoms with Crippen LogP contribution in [0.15, 0.2) is 0 Å². The van der Waals surface area contributed by atoms with Crippen LogP contribution >= 0.6 is 0 Å². The second-order valence-electron chi connectivity index (χ2n) is 5.72. The van der Waals surface area contributed by atoms with E-state index in [4.69, 9.17) is 4.74 Å². The second kappa shape index (κ2) is 6.41. The van der Waals surface area contributed by atoms with Gasteiger partial charge in [-0.05, 0) is 31.6 Å². The van der Waals surface area contributed by atoms with Crippen LogP contribution in [0.3, 0.4) is 0 Å². The van der Waals surface area contributed by atoms with E-state index in [0.717, 1.165) is 57.8 Å². The van der Waals surface area contributed by atoms with E-state index in [1.54, 1.807) is 0 Å². The Bertz CT molecular complexity index is 275. The van der Waals surface area contributed by atoms with Crippen molar-refractivity contribution in [3.63, 3.8) is 0 Å². The fourth-order valence-electron chi connectivity index (χ4n) is 2.92. The highest BCUT2D eigenvalue weighted by Gasteiger charge is 2.28. The molecule has 104 valence electrons. The van der Waals surface area contributed by atoms with Gasteiger partial charge in [-0.3, -0.25) is 0 Å². The summed E-state index contributed by atoms with van der Waals surface area (Å²) >= 11 is 0. The molecule has 2 aliphatic rings. The predicted molar refractivity (Wildman–Crippen MR) is 71.5 cm³/mol. The Morgan fingerprint density at radius 3 is 2.72 bits per heavy atom. The summed E-state index contributed by atoms with van der Waals surface area (Å²) in [5.41, 5.74) is 0. The number of nitrogens with one attached hydrogen (secondary N) is 1. The van der Waals surface area contributed by atoms with Crippen LogP contribution < -0.4 is 5.32 Å². The average Bonchev–Trinajstić information content (AvgIpc) is 2.84. The number of amides is 2. The van der Waals surface area contributed by atoms with Crippen molar-refractivity contribution in [2.75, 3.05) is 26.2 Å². The molecule has 0 aliphatic carbocycles. The van der Waals surface area contributed by atoms with Crippen molar-refractivity contribution < 1.29 is 9.53 Å². The van der Waals surface area contributed by atoms with Crippen LogP contribution in [0, 0.1) is 11.8 Å². The molecule has 2 aliphatic heterocycles. The van der Waals surface area contributed by atoms with Gasteiger partial charge in [0, 0.05) is 32.2 Å². The van der Waals surface area contributed by atoms with Gasteiger partial charge in [0.15, 0.2) is 0 Å². The third-order valence-corrected chi connectivity index (χ3v) is 4.34. The van der Waals surface area contributed by atoms with Crippen molar-refractivity contribution in [2.45, 2.75) is 45.6 Å². The van der Waals surface area contributed by atoms with Gasteiger partial charge >= 0.3 is 6.03 Å². The standard InChI is InChI=1S/C14H26N2O2/c1-3-13-12(6-9-18-13)10-15-14(17)16-7-4-11(2)5-8-16/h11-13H,3-10H2,1-2H3,(H,15,17). The van der Waals surface area contributed by atoms with E-state index < -0.39 is 0 Å². The van der Waals surface area contributed by atoms with Crippen molar-refractivity contribution in [2.24, 2.45) is 11.8 Å². The summed E-state index contributed by atoms with van der Waals surface area (Å²) in [5.74, 6) is 1.27. The lowest BCUT2D eigenvalue weighted by Gasteiger charge is -2.31. The number of carbonyl (C=O) groups excluding carboxylic acids is 1. The molecule has 0 aromatic carbocycles. The van der Waals surface area contributed by atoms with Gasteiger partial charge in [-0.15, -0.1) is 0 Å². The molecule has 2 atom stereocenters. The third-order valence-electron chi connectivity index (χ3n) is 4.34. The highest BCUT2D eigenvalue weighted by molar-refractivity contribution is 5.74. The molecule has 4 nitrogen and oxygen atoms in total. The molecule has 2 heterocycles. The van der Waals surface area contributed by atoms with Crippen LogP contribution in [0.5, 0.6) is 0 Å². The van der Waals surface area contributed by atoms with E-state index in [-0.39, 0.29) is 6.03 Å². The first-order chi connectivity index (χ1) is 8.70. The molecule has 0 aromatic heterocycles. The Labute approximate surface area is 110 Å². The molecule has 18 heavy (non-hydrogen) atoms. The summed E-state index contributed by atoms with van der Waals surface area (Å²) in [6.45, 7) is 7.84. The fourth-order valence-corrected chi connectivity index (χ4v) is 2.92. The van der Waals surface area contributed by atoms with E-state index in [1.807, 2.05) is 4.90 Å². The number of hydrogen-bond acceptors (Lipinski definition) is 2. The van der Waals surface area contributed by atoms with Crippen LogP contribution in [-0.4, -0.2) is 43.3 Å². The van der Waals surface area contributed by atoms with Gasteiger partial charge in [-0.2, -0.15) is 0 Å². The van der Waals surface area contributed by atoms with E-state index in [0.29, 0.717) is 12.0 Å². The van der Waals surface area contributed by atoms with Crippen LogP contribution in [0.2, 0.25) is 0 Å². The Hall–Kier alpha value is -0.770. The molecule has 0 aromatic rings. The summed E-state index contributed by atoms with van der Waals surface area (Å²) in [5, 5.41) is 3.08. The number of hydrogen-bond donors (Lipinski definition) is 1. The largest absolute Gasteiger partial charge is 0.378 e. The van der Waals surface area contributed by atoms with Crippen LogP contribution in [-0.2, 0) is 4.74 Å². The minimum Gasteiger partial charge on any atom is -0.378 e. The van der Waals surface area contributed by atoms with E-state index >= 15 is 0 Å². The lowest BCUT2D eigenvalue weighted by Crippen LogP contribution is -2.46. The van der Waals surface area contributed by atoms with Crippen molar-refractivity contribution in [1.82, 2.24) is 10.2 Å². The van der Waals surface area contributed by atoms with E-state index in [2.05, 4.69) is 19.2 Å². The van der Waals surface area contributed by atoms with Gasteiger partial charge in [0.1, 0.15) is 0 Å². The van der Waals surface area contributed by atoms with Crippen LogP contribution in [0.4, 0.5) is 4.79 Å². The molecule has 1 N–H and O–H groups in total. The summed E-state index contributed by atoms with van der Waals surface area (Å²) < 4.78 is 5.64. The lowest BCUT2D eigenvalue weighted by molar-refractivity contribution is 0.0870. The van der Waals surface area contributed by atoms with Gasteiger partial charge in [0.25, 0.3) is 0 Å². The molecule has 2 rings (SSSR count). The maximum atomic E-state index is 12.0. The van der Waals surface area contributed by atoms with Gasteiger partial charge < -0.3 is 15.0 Å². The topological polar surface area (TPSA) is 41.6 Å². The molecule has 2 saturated heterocycles. The molecule has 0 bridgehead atoms. The quantitative estimate of drug-likeness (QED) is 0.839. The lowest BCUT2D eigenvalue weighted by atomic mass is 9.99. The molecule has 2 unspecified atom stereocenters. The van der Waals surface area contributed by atoms with Gasteiger partial charge in [-0.25, -0.2) is 4.79 Å².